The first-order valence-corrected chi connectivity index (χ1v) is 37.8. The molecule has 0 aromatic heterocycles. The average Bonchev–Trinajstić information content (AvgIpc) is 0.757. The molecule has 5 heterocycles. The molecule has 108 heavy (non-hydrogen) atoms. The van der Waals surface area contributed by atoms with Gasteiger partial charge in [-0.25, -0.2) is 81.5 Å². The van der Waals surface area contributed by atoms with Gasteiger partial charge in [0.1, 0.15) is 116 Å². The third-order valence-corrected chi connectivity index (χ3v) is 18.5. The van der Waals surface area contributed by atoms with E-state index >= 15 is 0 Å². The number of aliphatic hydroxyl groups is 5. The number of carbonyl (C=O) groups excluding carboxylic acids is 2. The maximum Gasteiger partial charge on any atom is 1.00 e. The van der Waals surface area contributed by atoms with Crippen LogP contribution in [-0.4, -0.2) is 328 Å². The molecule has 0 aromatic carbocycles. The van der Waals surface area contributed by atoms with Crippen molar-refractivity contribution >= 4 is 94.8 Å². The van der Waals surface area contributed by atoms with Crippen molar-refractivity contribution in [3.05, 3.63) is 0 Å². The molecule has 0 spiro atoms. The van der Waals surface area contributed by atoms with Crippen molar-refractivity contribution in [2.75, 3.05) is 33.5 Å². The molecule has 1 saturated carbocycles. The van der Waals surface area contributed by atoms with E-state index in [0.717, 1.165) is 4.72 Å². The Kier molecular flexibility index (Phi) is 60.0. The van der Waals surface area contributed by atoms with Crippen LogP contribution in [0.15, 0.2) is 0 Å². The monoisotopic (exact) mass is 1820 g/mol. The smallest absolute Gasteiger partial charge is 0.735 e. The van der Waals surface area contributed by atoms with Crippen LogP contribution < -0.4 is 320 Å². The molecule has 0 radical (unpaired) electrons. The predicted molar refractivity (Wildman–Crippen MR) is 272 cm³/mol. The number of hydrogen-bond acceptors (Lipinski definition) is 49. The fraction of sp³-hybridized carbons (Fsp3) is 0.947. The fourth-order valence-corrected chi connectivity index (χ4v) is 14.3. The van der Waals surface area contributed by atoms with Crippen LogP contribution in [0.5, 0.6) is 0 Å². The molecule has 70 heteroatoms. The van der Waals surface area contributed by atoms with Gasteiger partial charge in [-0.05, 0) is 18.8 Å². The number of methoxy groups -OCH3 is 1. The summed E-state index contributed by atoms with van der Waals surface area (Å²) in [6.45, 7) is -5.98. The molecule has 52 nitrogen and oxygen atoms in total. The van der Waals surface area contributed by atoms with Gasteiger partial charge in [0.2, 0.25) is 52.0 Å². The van der Waals surface area contributed by atoms with Gasteiger partial charge >= 0.3 is 296 Å². The van der Waals surface area contributed by atoms with Gasteiger partial charge in [0.15, 0.2) is 68.5 Å². The number of carboxylic acids is 2. The number of hydrogen-bond donors (Lipinski definition) is 8. The molecule has 25 atom stereocenters. The van der Waals surface area contributed by atoms with E-state index in [1.54, 1.807) is 0 Å². The topological polar surface area (TPSA) is 823 Å². The van der Waals surface area contributed by atoms with Crippen molar-refractivity contribution in [2.24, 2.45) is 5.92 Å². The van der Waals surface area contributed by atoms with Gasteiger partial charge in [-0.15, -0.1) is 0 Å². The van der Waals surface area contributed by atoms with Crippen LogP contribution in [-0.2, 0) is 166 Å². The Balaban J connectivity index is -0.00000354. The first-order chi connectivity index (χ1) is 44.7. The van der Waals surface area contributed by atoms with Gasteiger partial charge in [0.25, 0.3) is 0 Å². The Morgan fingerprint density at radius 2 is 0.694 bits per heavy atom. The Morgan fingerprint density at radius 1 is 0.361 bits per heavy atom. The second kappa shape index (κ2) is 52.4. The molecule has 5 saturated heterocycles. The molecule has 5 aliphatic heterocycles. The Labute approximate surface area is 837 Å². The molecule has 6 rings (SSSR count). The maximum atomic E-state index is 13.1. The Hall–Kier alpha value is 7.26. The summed E-state index contributed by atoms with van der Waals surface area (Å²) in [7, 11) is -48.3. The van der Waals surface area contributed by atoms with Crippen molar-refractivity contribution in [2.45, 2.75) is 185 Å². The van der Waals surface area contributed by atoms with Gasteiger partial charge in [0, 0.05) is 7.11 Å². The summed E-state index contributed by atoms with van der Waals surface area (Å²) >= 11 is 0. The van der Waals surface area contributed by atoms with Crippen molar-refractivity contribution in [1.29, 1.82) is 0 Å². The molecule has 8 N–H and O–H groups in total. The normalized spacial score (nSPS) is 34.4. The molecule has 0 amide bonds. The molecule has 0 bridgehead atoms. The zero-order valence-electron chi connectivity index (χ0n) is 58.3. The Morgan fingerprint density at radius 3 is 1.09 bits per heavy atom. The number of nitrogens with one attached hydrogen (secondary N) is 3. The van der Waals surface area contributed by atoms with E-state index < -0.39 is 281 Å². The predicted octanol–water partition coefficient (Wildman–Crippen LogP) is -46.5. The summed E-state index contributed by atoms with van der Waals surface area (Å²) in [5.41, 5.74) is 0. The summed E-state index contributed by atoms with van der Waals surface area (Å²) in [5.74, 6) is -6.02. The quantitative estimate of drug-likeness (QED) is 0.0172. The summed E-state index contributed by atoms with van der Waals surface area (Å²) in [4.78, 5) is 26.1. The molecule has 0 aromatic rings. The first kappa shape index (κ1) is 124. The van der Waals surface area contributed by atoms with E-state index in [-0.39, 0.29) is 308 Å². The minimum Gasteiger partial charge on any atom is -0.735 e. The minimum absolute atomic E-state index is 0. The summed E-state index contributed by atoms with van der Waals surface area (Å²) in [5, 5.41) is 82.9. The minimum atomic E-state index is -6.67. The fourth-order valence-electron chi connectivity index (χ4n) is 10.7. The maximum absolute atomic E-state index is 13.1. The molecular formula is C38H55N3Na10O49S8. The van der Waals surface area contributed by atoms with E-state index in [9.17, 15) is 149 Å². The van der Waals surface area contributed by atoms with Crippen LogP contribution in [0.2, 0.25) is 0 Å². The van der Waals surface area contributed by atoms with Crippen LogP contribution in [0.3, 0.4) is 0 Å². The van der Waals surface area contributed by atoms with E-state index in [0.29, 0.717) is 26.4 Å². The Bertz CT molecular complexity index is 3720. The van der Waals surface area contributed by atoms with Crippen LogP contribution in [0.1, 0.15) is 32.1 Å². The van der Waals surface area contributed by atoms with Crippen molar-refractivity contribution in [3.63, 3.8) is 0 Å². The summed E-state index contributed by atoms with van der Waals surface area (Å²) in [6, 6.07) is -8.51. The number of carboxylic acid groups (broad SMARTS) is 2. The van der Waals surface area contributed by atoms with E-state index in [4.69, 9.17) is 52.1 Å². The van der Waals surface area contributed by atoms with Gasteiger partial charge < -0.3 is 134 Å². The van der Waals surface area contributed by atoms with Crippen molar-refractivity contribution < 1.29 is 518 Å². The molecule has 6 aliphatic rings. The SMILES string of the molecule is CO[C@H]1O[C@H](COS(=O)(=O)[O-])[C@@H](O[C@@H]2O[C@@H](C(=O)[O-])[C@@H](O[C@H]3O[C@H](COS(=O)(=O)[O-])[C@@H](O[C@@H]4O[C@H](C(=O)[O-])[C@@H](O[C@H]5O[C@H](COS(=O)(=O)[O-])[C@@H](O)[C@H](O)[C@H]5NS(=O)(=O)[O-])[C@H](O)[C@H]4OCC4CCCCC4)[C@H](OS(=O)(=O)[O-])[C@H]3NS(=O)(=O)[O-])[C@H](O)[C@H]2OS(=O)(=O)[O-])[C@H](O)[C@H]1NS(=O)(=O)[O-].[Na+].[Na+].[Na+].[Na+].[Na+].[Na+].[Na+].[Na+].[Na+].[Na+]. The zero-order chi connectivity index (χ0) is 74.0. The van der Waals surface area contributed by atoms with Crippen molar-refractivity contribution in [3.8, 4) is 0 Å². The number of rotatable bonds is 33. The van der Waals surface area contributed by atoms with Gasteiger partial charge in [0.05, 0.1) is 38.4 Å². The second-order valence-corrected chi connectivity index (χ2v) is 29.9. The molecule has 1 aliphatic carbocycles. The first-order valence-electron chi connectivity index (χ1n) is 26.9. The molecule has 574 valence electrons. The number of aliphatic carboxylic acids is 2. The number of aliphatic hydroxyl groups excluding tert-OH is 5. The van der Waals surface area contributed by atoms with Crippen LogP contribution in [0.25, 0.3) is 0 Å². The summed E-state index contributed by atoms with van der Waals surface area (Å²) in [6.07, 6.45) is -62.6. The average molecular weight is 1820 g/mol. The third-order valence-electron chi connectivity index (χ3n) is 14.6. The van der Waals surface area contributed by atoms with Crippen LogP contribution in [0, 0.1) is 5.92 Å². The number of carbonyl (C=O) groups is 2. The van der Waals surface area contributed by atoms with E-state index in [1.807, 2.05) is 0 Å². The third kappa shape index (κ3) is 39.8. The molecule has 0 unspecified atom stereocenters. The molecule has 6 fully saturated rings. The van der Waals surface area contributed by atoms with Crippen molar-refractivity contribution in [1.82, 2.24) is 14.2 Å². The zero-order valence-corrected chi connectivity index (χ0v) is 84.9. The van der Waals surface area contributed by atoms with Crippen LogP contribution >= 0.6 is 0 Å². The van der Waals surface area contributed by atoms with E-state index in [1.165, 1.54) is 9.44 Å². The standard InChI is InChI=1S/C38H65N3O49S8.10Na/c1-75-34-16(40-92(54,55)56)20(44)23(13(81-34)9-78-95(63,64)65)83-38-29(90-98(72,73)74)22(46)27(31(88-38)33(49)50)86-36-17(41-93(57,58)59)25(89-97(69,70)71)24(14(82-36)10-79-96(66,67)68)84-37-28(76-7-11-5-3-2-4-6-11)21(45)26(30(87-37)32(47)48)85-35-15(39-91(51,52)53)19(43)18(42)12(80-35)8-77-94(60,61)62;;;;;;;;;;/h11-31,34-46H,2-10H2,1H3,(H,47,48)(H,49,50)(H,51,52,53)(H,54,55,56)(H,57,58,59)(H,60,61,62)(H,63,64,65)(H,66,67,68)(H,69,70,71)(H,72,73,74);;;;;;;;;;/q;10*+1/p-10/t12-,13-,14-,15-,16-,17-,18-,19-,20-,21+,22+,23-,24-,25-,26+,27+,28-,29-,30+,31-,34+,35-,36-,37-,38-;;;;;;;;;;/m1........../s1. The number of ether oxygens (including phenoxy) is 11. The molecular weight excluding hydrogens is 1770 g/mol. The van der Waals surface area contributed by atoms with Gasteiger partial charge in [-0.3, -0.25) is 20.9 Å². The second-order valence-electron chi connectivity index (χ2n) is 21.3. The largest absolute Gasteiger partial charge is 1.00 e. The van der Waals surface area contributed by atoms with Gasteiger partial charge in [-0.1, -0.05) is 19.3 Å². The summed E-state index contributed by atoms with van der Waals surface area (Å²) < 4.78 is 373. The van der Waals surface area contributed by atoms with Crippen LogP contribution in [0.4, 0.5) is 0 Å². The van der Waals surface area contributed by atoms with Gasteiger partial charge in [-0.2, -0.15) is 0 Å². The van der Waals surface area contributed by atoms with E-state index in [2.05, 4.69) is 20.9 Å².